The number of esters is 1. The molecule has 0 saturated heterocycles. The first-order chi connectivity index (χ1) is 13.3. The second-order valence-corrected chi connectivity index (χ2v) is 7.71. The van der Waals surface area contributed by atoms with Crippen LogP contribution < -0.4 is 5.32 Å². The maximum absolute atomic E-state index is 12.3. The number of hydrogen-bond donors (Lipinski definition) is 1. The fourth-order valence-electron chi connectivity index (χ4n) is 2.27. The van der Waals surface area contributed by atoms with Crippen LogP contribution in [-0.4, -0.2) is 23.4 Å². The van der Waals surface area contributed by atoms with E-state index in [1.807, 2.05) is 0 Å². The Morgan fingerprint density at radius 1 is 1.14 bits per heavy atom. The molecule has 0 spiro atoms. The highest BCUT2D eigenvalue weighted by Crippen LogP contribution is 2.37. The summed E-state index contributed by atoms with van der Waals surface area (Å²) >= 11 is 19.1. The van der Waals surface area contributed by atoms with E-state index in [-0.39, 0.29) is 26.3 Å². The lowest BCUT2D eigenvalue weighted by atomic mass is 10.2. The molecule has 1 heterocycles. The fourth-order valence-corrected chi connectivity index (χ4v) is 4.17. The minimum atomic E-state index is -0.757. The number of halogens is 3. The number of anilines is 1. The van der Waals surface area contributed by atoms with E-state index in [2.05, 4.69) is 5.32 Å². The van der Waals surface area contributed by atoms with E-state index in [4.69, 9.17) is 39.5 Å². The lowest BCUT2D eigenvalue weighted by Crippen LogP contribution is -2.20. The van der Waals surface area contributed by atoms with Gasteiger partial charge in [0.25, 0.3) is 11.6 Å². The zero-order chi connectivity index (χ0) is 20.4. The summed E-state index contributed by atoms with van der Waals surface area (Å²) in [7, 11) is 0. The first-order valence-corrected chi connectivity index (χ1v) is 9.50. The molecule has 0 aliphatic rings. The predicted octanol–water partition coefficient (Wildman–Crippen LogP) is 5.57. The minimum absolute atomic E-state index is 0.0155. The number of amides is 1. The molecule has 0 radical (unpaired) electrons. The molecule has 2 aromatic carbocycles. The van der Waals surface area contributed by atoms with Gasteiger partial charge in [-0.3, -0.25) is 14.9 Å². The van der Waals surface area contributed by atoms with Gasteiger partial charge in [-0.05, 0) is 18.2 Å². The van der Waals surface area contributed by atoms with E-state index in [0.29, 0.717) is 15.1 Å². The quantitative estimate of drug-likeness (QED) is 0.306. The molecule has 0 aliphatic heterocycles. The molecule has 0 aliphatic carbocycles. The van der Waals surface area contributed by atoms with Gasteiger partial charge >= 0.3 is 5.97 Å². The van der Waals surface area contributed by atoms with Gasteiger partial charge in [0.2, 0.25) is 0 Å². The molecular weight excluding hydrogens is 451 g/mol. The van der Waals surface area contributed by atoms with Crippen molar-refractivity contribution < 1.29 is 19.2 Å². The number of nitrogens with one attached hydrogen (secondary N) is 1. The van der Waals surface area contributed by atoms with E-state index in [1.165, 1.54) is 12.1 Å². The number of benzene rings is 2. The molecule has 144 valence electrons. The average Bonchev–Trinajstić information content (AvgIpc) is 2.97. The number of non-ortho nitro benzene ring substituents is 1. The second-order valence-electron chi connectivity index (χ2n) is 5.43. The number of ether oxygens (including phenoxy) is 1. The van der Waals surface area contributed by atoms with Crippen LogP contribution in [0.2, 0.25) is 15.1 Å². The fraction of sp³-hybridized carbons (Fsp3) is 0.0588. The van der Waals surface area contributed by atoms with Crippen molar-refractivity contribution in [3.05, 3.63) is 66.5 Å². The van der Waals surface area contributed by atoms with Crippen LogP contribution in [-0.2, 0) is 9.53 Å². The largest absolute Gasteiger partial charge is 0.451 e. The standard InChI is InChI=1S/C17H9Cl3N2O5S/c18-8-1-3-10-13(5-8)28-16(15(10)20)17(24)27-7-14(23)21-12-4-2-9(22(25)26)6-11(12)19/h1-6H,7H2,(H,21,23). The molecule has 28 heavy (non-hydrogen) atoms. The van der Waals surface area contributed by atoms with Gasteiger partial charge in [-0.1, -0.05) is 40.9 Å². The molecule has 7 nitrogen and oxygen atoms in total. The summed E-state index contributed by atoms with van der Waals surface area (Å²) < 4.78 is 5.71. The van der Waals surface area contributed by atoms with Crippen molar-refractivity contribution in [2.45, 2.75) is 0 Å². The SMILES string of the molecule is O=C(COC(=O)c1sc2cc(Cl)ccc2c1Cl)Nc1ccc([N+](=O)[O-])cc1Cl. The van der Waals surface area contributed by atoms with Crippen LogP contribution in [0.4, 0.5) is 11.4 Å². The number of hydrogen-bond acceptors (Lipinski definition) is 6. The van der Waals surface area contributed by atoms with Crippen molar-refractivity contribution in [2.75, 3.05) is 11.9 Å². The number of fused-ring (bicyclic) bond motifs is 1. The smallest absolute Gasteiger partial charge is 0.350 e. The van der Waals surface area contributed by atoms with Crippen LogP contribution in [0.15, 0.2) is 36.4 Å². The van der Waals surface area contributed by atoms with E-state index in [1.54, 1.807) is 18.2 Å². The Morgan fingerprint density at radius 3 is 2.57 bits per heavy atom. The summed E-state index contributed by atoms with van der Waals surface area (Å²) in [6, 6.07) is 8.59. The maximum atomic E-state index is 12.3. The molecule has 1 N–H and O–H groups in total. The van der Waals surface area contributed by atoms with Crippen LogP contribution in [0.1, 0.15) is 9.67 Å². The van der Waals surface area contributed by atoms with Gasteiger partial charge < -0.3 is 10.1 Å². The van der Waals surface area contributed by atoms with Crippen LogP contribution in [0, 0.1) is 10.1 Å². The van der Waals surface area contributed by atoms with Crippen molar-refractivity contribution in [3.8, 4) is 0 Å². The topological polar surface area (TPSA) is 98.5 Å². The summed E-state index contributed by atoms with van der Waals surface area (Å²) in [5, 5.41) is 14.5. The molecule has 3 rings (SSSR count). The number of rotatable bonds is 5. The number of nitro benzene ring substituents is 1. The Labute approximate surface area is 176 Å². The molecule has 0 bridgehead atoms. The van der Waals surface area contributed by atoms with E-state index in [9.17, 15) is 19.7 Å². The minimum Gasteiger partial charge on any atom is -0.451 e. The summed E-state index contributed by atoms with van der Waals surface area (Å²) in [5.74, 6) is -1.42. The lowest BCUT2D eigenvalue weighted by molar-refractivity contribution is -0.384. The van der Waals surface area contributed by atoms with Gasteiger partial charge in [-0.15, -0.1) is 11.3 Å². The molecule has 1 aromatic heterocycles. The Balaban J connectivity index is 1.65. The van der Waals surface area contributed by atoms with Gasteiger partial charge in [-0.25, -0.2) is 4.79 Å². The van der Waals surface area contributed by atoms with Crippen molar-refractivity contribution in [2.24, 2.45) is 0 Å². The van der Waals surface area contributed by atoms with Gasteiger partial charge in [0.05, 0.1) is 20.7 Å². The monoisotopic (exact) mass is 458 g/mol. The van der Waals surface area contributed by atoms with E-state index >= 15 is 0 Å². The number of thiophene rings is 1. The molecule has 11 heteroatoms. The lowest BCUT2D eigenvalue weighted by Gasteiger charge is -2.07. The van der Waals surface area contributed by atoms with Crippen molar-refractivity contribution >= 4 is 79.5 Å². The molecule has 3 aromatic rings. The maximum Gasteiger partial charge on any atom is 0.350 e. The van der Waals surface area contributed by atoms with Gasteiger partial charge in [-0.2, -0.15) is 0 Å². The van der Waals surface area contributed by atoms with Crippen LogP contribution >= 0.6 is 46.1 Å². The number of carbonyl (C=O) groups excluding carboxylic acids is 2. The molecule has 0 fully saturated rings. The van der Waals surface area contributed by atoms with E-state index < -0.39 is 23.4 Å². The zero-order valence-corrected chi connectivity index (χ0v) is 16.8. The van der Waals surface area contributed by atoms with Crippen molar-refractivity contribution in [1.82, 2.24) is 0 Å². The molecule has 1 amide bonds. The molecule has 0 atom stereocenters. The van der Waals surface area contributed by atoms with Gasteiger partial charge in [0.15, 0.2) is 6.61 Å². The Morgan fingerprint density at radius 2 is 1.89 bits per heavy atom. The first-order valence-electron chi connectivity index (χ1n) is 7.54. The van der Waals surface area contributed by atoms with E-state index in [0.717, 1.165) is 17.4 Å². The predicted molar refractivity (Wildman–Crippen MR) is 109 cm³/mol. The second kappa shape index (κ2) is 8.32. The first kappa shape index (κ1) is 20.3. The Hall–Kier alpha value is -2.39. The van der Waals surface area contributed by atoms with Crippen LogP contribution in [0.3, 0.4) is 0 Å². The third kappa shape index (κ3) is 4.36. The highest BCUT2D eigenvalue weighted by molar-refractivity contribution is 7.21. The molecule has 0 unspecified atom stereocenters. The molecular formula is C17H9Cl3N2O5S. The van der Waals surface area contributed by atoms with Crippen molar-refractivity contribution in [1.29, 1.82) is 0 Å². The number of nitro groups is 1. The summed E-state index contributed by atoms with van der Waals surface area (Å²) in [5.41, 5.74) is -0.0585. The summed E-state index contributed by atoms with van der Waals surface area (Å²) in [6.45, 7) is -0.586. The zero-order valence-electron chi connectivity index (χ0n) is 13.7. The highest BCUT2D eigenvalue weighted by atomic mass is 35.5. The van der Waals surface area contributed by atoms with Crippen molar-refractivity contribution in [3.63, 3.8) is 0 Å². The third-order valence-corrected chi connectivity index (χ3v) is 5.73. The van der Waals surface area contributed by atoms with Crippen LogP contribution in [0.25, 0.3) is 10.1 Å². The highest BCUT2D eigenvalue weighted by Gasteiger charge is 2.20. The van der Waals surface area contributed by atoms with Gasteiger partial charge in [0.1, 0.15) is 4.88 Å². The average molecular weight is 460 g/mol. The Bertz CT molecular complexity index is 1120. The van der Waals surface area contributed by atoms with Gasteiger partial charge in [0, 0.05) is 27.2 Å². The third-order valence-electron chi connectivity index (χ3n) is 3.55. The number of nitrogens with zero attached hydrogens (tertiary/aromatic N) is 1. The van der Waals surface area contributed by atoms with Crippen LogP contribution in [0.5, 0.6) is 0 Å². The summed E-state index contributed by atoms with van der Waals surface area (Å²) in [4.78, 5) is 34.5. The summed E-state index contributed by atoms with van der Waals surface area (Å²) in [6.07, 6.45) is 0. The normalized spacial score (nSPS) is 10.7. The molecule has 0 saturated carbocycles. The Kier molecular flexibility index (Phi) is 6.04. The number of carbonyl (C=O) groups is 2.